The van der Waals surface area contributed by atoms with Crippen molar-refractivity contribution in [2.24, 2.45) is 0 Å². The van der Waals surface area contributed by atoms with Gasteiger partial charge in [-0.15, -0.1) is 0 Å². The molecule has 154 valence electrons. The third-order valence-electron chi connectivity index (χ3n) is 4.97. The van der Waals surface area contributed by atoms with Crippen LogP contribution in [0.2, 0.25) is 5.02 Å². The number of anilines is 2. The Kier molecular flexibility index (Phi) is 4.56. The highest BCUT2D eigenvalue weighted by molar-refractivity contribution is 6.36. The minimum atomic E-state index is 0.331. The van der Waals surface area contributed by atoms with Gasteiger partial charge in [0, 0.05) is 40.8 Å². The molecule has 0 aliphatic carbocycles. The Morgan fingerprint density at radius 2 is 1.97 bits per heavy atom. The molecule has 0 saturated heterocycles. The SMILES string of the molecule is Cc1cc(N)c2ccc(OCc3cncc(-n4cc(Cl)c5c(N)ncnc54)c3)cc2n1. The number of pyridine rings is 2. The van der Waals surface area contributed by atoms with Crippen LogP contribution >= 0.6 is 11.6 Å². The zero-order valence-corrected chi connectivity index (χ0v) is 17.3. The number of nitrogen functional groups attached to an aromatic ring is 2. The smallest absolute Gasteiger partial charge is 0.151 e. The highest BCUT2D eigenvalue weighted by atomic mass is 35.5. The monoisotopic (exact) mass is 431 g/mol. The van der Waals surface area contributed by atoms with Gasteiger partial charge in [-0.2, -0.15) is 0 Å². The summed E-state index contributed by atoms with van der Waals surface area (Å²) in [4.78, 5) is 17.2. The summed E-state index contributed by atoms with van der Waals surface area (Å²) >= 11 is 6.34. The summed E-state index contributed by atoms with van der Waals surface area (Å²) in [6.45, 7) is 2.24. The fourth-order valence-corrected chi connectivity index (χ4v) is 3.83. The molecule has 5 aromatic rings. The van der Waals surface area contributed by atoms with Crippen molar-refractivity contribution in [1.82, 2.24) is 24.5 Å². The Hall–Kier alpha value is -3.91. The molecule has 8 nitrogen and oxygen atoms in total. The lowest BCUT2D eigenvalue weighted by Crippen LogP contribution is -2.01. The summed E-state index contributed by atoms with van der Waals surface area (Å²) in [7, 11) is 0. The Morgan fingerprint density at radius 1 is 1.10 bits per heavy atom. The maximum Gasteiger partial charge on any atom is 0.151 e. The molecule has 0 unspecified atom stereocenters. The molecule has 0 bridgehead atoms. The maximum atomic E-state index is 6.34. The Labute approximate surface area is 182 Å². The maximum absolute atomic E-state index is 6.34. The second-order valence-electron chi connectivity index (χ2n) is 7.18. The van der Waals surface area contributed by atoms with Crippen LogP contribution in [0.4, 0.5) is 11.5 Å². The molecule has 0 spiro atoms. The zero-order valence-electron chi connectivity index (χ0n) is 16.6. The predicted octanol–water partition coefficient (Wildman–Crippen LogP) is 4.07. The quantitative estimate of drug-likeness (QED) is 0.440. The lowest BCUT2D eigenvalue weighted by molar-refractivity contribution is 0.306. The molecular formula is C22H18ClN7O. The van der Waals surface area contributed by atoms with Gasteiger partial charge in [0.25, 0.3) is 0 Å². The van der Waals surface area contributed by atoms with E-state index in [2.05, 4.69) is 19.9 Å². The van der Waals surface area contributed by atoms with Crippen molar-refractivity contribution in [2.75, 3.05) is 11.5 Å². The number of aryl methyl sites for hydroxylation is 1. The molecule has 0 aliphatic heterocycles. The molecule has 4 aromatic heterocycles. The Bertz CT molecular complexity index is 1450. The van der Waals surface area contributed by atoms with Crippen LogP contribution in [-0.4, -0.2) is 24.5 Å². The largest absolute Gasteiger partial charge is 0.489 e. The van der Waals surface area contributed by atoms with E-state index in [4.69, 9.17) is 27.8 Å². The number of hydrogen-bond acceptors (Lipinski definition) is 7. The van der Waals surface area contributed by atoms with E-state index in [1.54, 1.807) is 18.6 Å². The first-order valence-electron chi connectivity index (χ1n) is 9.50. The van der Waals surface area contributed by atoms with Crippen LogP contribution in [0.15, 0.2) is 55.2 Å². The number of benzene rings is 1. The third kappa shape index (κ3) is 3.47. The summed E-state index contributed by atoms with van der Waals surface area (Å²) in [6.07, 6.45) is 6.64. The highest BCUT2D eigenvalue weighted by Gasteiger charge is 2.14. The zero-order chi connectivity index (χ0) is 21.5. The van der Waals surface area contributed by atoms with Gasteiger partial charge in [0.05, 0.1) is 27.8 Å². The van der Waals surface area contributed by atoms with Crippen LogP contribution in [-0.2, 0) is 6.61 Å². The third-order valence-corrected chi connectivity index (χ3v) is 5.26. The van der Waals surface area contributed by atoms with Crippen molar-refractivity contribution in [2.45, 2.75) is 13.5 Å². The molecule has 4 N–H and O–H groups in total. The number of halogens is 1. The van der Waals surface area contributed by atoms with Crippen molar-refractivity contribution < 1.29 is 4.74 Å². The molecule has 9 heteroatoms. The molecule has 31 heavy (non-hydrogen) atoms. The van der Waals surface area contributed by atoms with E-state index < -0.39 is 0 Å². The number of aromatic nitrogens is 5. The number of nitrogens with zero attached hydrogens (tertiary/aromatic N) is 5. The average molecular weight is 432 g/mol. The van der Waals surface area contributed by atoms with Gasteiger partial charge in [-0.05, 0) is 31.2 Å². The van der Waals surface area contributed by atoms with E-state index in [0.29, 0.717) is 39.9 Å². The van der Waals surface area contributed by atoms with E-state index in [1.165, 1.54) is 6.33 Å². The summed E-state index contributed by atoms with van der Waals surface area (Å²) in [5.41, 5.74) is 16.7. The van der Waals surface area contributed by atoms with Crippen LogP contribution in [0.3, 0.4) is 0 Å². The second-order valence-corrected chi connectivity index (χ2v) is 7.58. The molecule has 0 amide bonds. The number of hydrogen-bond donors (Lipinski definition) is 2. The van der Waals surface area contributed by atoms with Crippen molar-refractivity contribution in [1.29, 1.82) is 0 Å². The van der Waals surface area contributed by atoms with Gasteiger partial charge >= 0.3 is 0 Å². The van der Waals surface area contributed by atoms with Crippen molar-refractivity contribution in [3.8, 4) is 11.4 Å². The topological polar surface area (TPSA) is 118 Å². The summed E-state index contributed by atoms with van der Waals surface area (Å²) in [5, 5.41) is 2.00. The molecule has 0 radical (unpaired) electrons. The lowest BCUT2D eigenvalue weighted by Gasteiger charge is -2.10. The van der Waals surface area contributed by atoms with E-state index in [9.17, 15) is 0 Å². The van der Waals surface area contributed by atoms with E-state index in [0.717, 1.165) is 27.8 Å². The molecule has 5 rings (SSSR count). The van der Waals surface area contributed by atoms with Crippen molar-refractivity contribution in [3.05, 3.63) is 71.5 Å². The normalized spacial score (nSPS) is 11.3. The number of fused-ring (bicyclic) bond motifs is 2. The highest BCUT2D eigenvalue weighted by Crippen LogP contribution is 2.30. The molecule has 0 fully saturated rings. The molecular weight excluding hydrogens is 414 g/mol. The molecule has 0 atom stereocenters. The van der Waals surface area contributed by atoms with Gasteiger partial charge in [0.15, 0.2) is 5.65 Å². The molecule has 0 saturated carbocycles. The summed E-state index contributed by atoms with van der Waals surface area (Å²) < 4.78 is 7.81. The van der Waals surface area contributed by atoms with Crippen LogP contribution in [0, 0.1) is 6.92 Å². The van der Waals surface area contributed by atoms with Crippen molar-refractivity contribution >= 4 is 45.0 Å². The first-order chi connectivity index (χ1) is 15.0. The van der Waals surface area contributed by atoms with Gasteiger partial charge in [-0.25, -0.2) is 9.97 Å². The fourth-order valence-electron chi connectivity index (χ4n) is 3.55. The first-order valence-corrected chi connectivity index (χ1v) is 9.88. The van der Waals surface area contributed by atoms with Gasteiger partial charge < -0.3 is 16.2 Å². The minimum Gasteiger partial charge on any atom is -0.489 e. The van der Waals surface area contributed by atoms with Gasteiger partial charge in [-0.3, -0.25) is 14.5 Å². The molecule has 4 heterocycles. The van der Waals surface area contributed by atoms with E-state index in [-0.39, 0.29) is 0 Å². The molecule has 1 aromatic carbocycles. The van der Waals surface area contributed by atoms with Crippen LogP contribution < -0.4 is 16.2 Å². The Morgan fingerprint density at radius 3 is 2.84 bits per heavy atom. The number of ether oxygens (including phenoxy) is 1. The van der Waals surface area contributed by atoms with Crippen molar-refractivity contribution in [3.63, 3.8) is 0 Å². The first kappa shape index (κ1) is 19.1. The van der Waals surface area contributed by atoms with E-state index >= 15 is 0 Å². The second kappa shape index (κ2) is 7.41. The van der Waals surface area contributed by atoms with E-state index in [1.807, 2.05) is 41.8 Å². The average Bonchev–Trinajstić information content (AvgIpc) is 3.10. The number of rotatable bonds is 4. The lowest BCUT2D eigenvalue weighted by atomic mass is 10.1. The van der Waals surface area contributed by atoms with Crippen LogP contribution in [0.25, 0.3) is 27.6 Å². The predicted molar refractivity (Wildman–Crippen MR) is 121 cm³/mol. The Balaban J connectivity index is 1.43. The minimum absolute atomic E-state index is 0.331. The number of nitrogens with two attached hydrogens (primary N) is 2. The summed E-state index contributed by atoms with van der Waals surface area (Å²) in [5.74, 6) is 1.03. The molecule has 0 aliphatic rings. The standard InChI is InChI=1S/C22H18ClN7O/c1-12-4-18(24)16-3-2-15(6-19(16)29-12)31-10-13-5-14(8-26-7-13)30-9-17(23)20-21(25)27-11-28-22(20)30/h2-9,11H,10H2,1H3,(H2,24,29)(H2,25,27,28). The summed E-state index contributed by atoms with van der Waals surface area (Å²) in [6, 6.07) is 9.50. The van der Waals surface area contributed by atoms with Crippen LogP contribution in [0.1, 0.15) is 11.3 Å². The van der Waals surface area contributed by atoms with Gasteiger partial charge in [-0.1, -0.05) is 11.6 Å². The van der Waals surface area contributed by atoms with Crippen LogP contribution in [0.5, 0.6) is 5.75 Å². The fraction of sp³-hybridized carbons (Fsp3) is 0.0909. The van der Waals surface area contributed by atoms with Gasteiger partial charge in [0.1, 0.15) is 24.5 Å². The van der Waals surface area contributed by atoms with Gasteiger partial charge in [0.2, 0.25) is 0 Å².